The van der Waals surface area contributed by atoms with Crippen molar-refractivity contribution in [1.82, 2.24) is 15.3 Å². The van der Waals surface area contributed by atoms with E-state index in [2.05, 4.69) is 20.6 Å². The molecule has 2 aromatic rings. The minimum atomic E-state index is -4.48. The standard InChI is InChI=1S/C26H34F4N4O4/c1-5-36-21(23(35)34-25(13-27)9-10-25)20-19(24-37-11-12-38-24)22(33-16(4)32-20)31-15(3)17-7-6-8-18(14(17)2)26(28,29)30/h6-8,15,21,23-24,34-35H,5,9-13H2,1-4H3,(H,31,32,33)/t15-,21?,23?/m1/s1. The molecule has 1 aliphatic carbocycles. The van der Waals surface area contributed by atoms with Crippen LogP contribution in [0.25, 0.3) is 0 Å². The molecule has 210 valence electrons. The summed E-state index contributed by atoms with van der Waals surface area (Å²) in [7, 11) is 0. The second-order valence-electron chi connectivity index (χ2n) is 9.75. The Bertz CT molecular complexity index is 1120. The predicted octanol–water partition coefficient (Wildman–Crippen LogP) is 4.82. The number of ether oxygens (including phenoxy) is 3. The maximum atomic E-state index is 13.6. The van der Waals surface area contributed by atoms with Gasteiger partial charge in [-0.2, -0.15) is 13.2 Å². The zero-order valence-corrected chi connectivity index (χ0v) is 21.9. The molecule has 2 fully saturated rings. The van der Waals surface area contributed by atoms with Crippen LogP contribution in [0.15, 0.2) is 18.2 Å². The number of aliphatic hydroxyl groups is 1. The topological polar surface area (TPSA) is 97.8 Å². The number of benzene rings is 1. The van der Waals surface area contributed by atoms with Gasteiger partial charge >= 0.3 is 6.18 Å². The molecule has 0 amide bonds. The molecule has 2 unspecified atom stereocenters. The van der Waals surface area contributed by atoms with Gasteiger partial charge in [-0.15, -0.1) is 0 Å². The molecule has 0 radical (unpaired) electrons. The van der Waals surface area contributed by atoms with E-state index >= 15 is 0 Å². The van der Waals surface area contributed by atoms with Gasteiger partial charge in [-0.05, 0) is 57.7 Å². The lowest BCUT2D eigenvalue weighted by molar-refractivity contribution is -0.138. The fraction of sp³-hybridized carbons (Fsp3) is 0.615. The van der Waals surface area contributed by atoms with E-state index in [0.717, 1.165) is 6.07 Å². The molecule has 2 aliphatic rings. The number of anilines is 1. The fourth-order valence-electron chi connectivity index (χ4n) is 4.76. The first kappa shape index (κ1) is 28.6. The van der Waals surface area contributed by atoms with Gasteiger partial charge < -0.3 is 24.6 Å². The minimum absolute atomic E-state index is 0.105. The maximum absolute atomic E-state index is 13.6. The largest absolute Gasteiger partial charge is 0.416 e. The summed E-state index contributed by atoms with van der Waals surface area (Å²) in [6.45, 7) is 6.79. The van der Waals surface area contributed by atoms with Gasteiger partial charge in [0.2, 0.25) is 0 Å². The summed E-state index contributed by atoms with van der Waals surface area (Å²) in [6, 6.07) is 3.46. The van der Waals surface area contributed by atoms with Crippen molar-refractivity contribution in [3.63, 3.8) is 0 Å². The Hall–Kier alpha value is -2.38. The molecule has 1 saturated carbocycles. The van der Waals surface area contributed by atoms with Gasteiger partial charge in [0.1, 0.15) is 30.6 Å². The molecule has 2 heterocycles. The van der Waals surface area contributed by atoms with Gasteiger partial charge in [-0.1, -0.05) is 12.1 Å². The molecule has 8 nitrogen and oxygen atoms in total. The van der Waals surface area contributed by atoms with Gasteiger partial charge in [0.25, 0.3) is 0 Å². The van der Waals surface area contributed by atoms with Gasteiger partial charge in [0.15, 0.2) is 6.29 Å². The highest BCUT2D eigenvalue weighted by molar-refractivity contribution is 5.51. The highest BCUT2D eigenvalue weighted by Gasteiger charge is 2.46. The van der Waals surface area contributed by atoms with Crippen molar-refractivity contribution in [1.29, 1.82) is 0 Å². The van der Waals surface area contributed by atoms with Crippen molar-refractivity contribution in [2.24, 2.45) is 0 Å². The van der Waals surface area contributed by atoms with E-state index in [9.17, 15) is 22.7 Å². The zero-order valence-electron chi connectivity index (χ0n) is 21.9. The molecule has 0 bridgehead atoms. The molecule has 12 heteroatoms. The molecule has 1 saturated heterocycles. The summed E-state index contributed by atoms with van der Waals surface area (Å²) < 4.78 is 71.6. The van der Waals surface area contributed by atoms with Crippen molar-refractivity contribution in [2.45, 2.75) is 76.9 Å². The summed E-state index contributed by atoms with van der Waals surface area (Å²) in [5.74, 6) is 0.619. The van der Waals surface area contributed by atoms with Crippen molar-refractivity contribution in [3.05, 3.63) is 52.0 Å². The third-order valence-corrected chi connectivity index (χ3v) is 6.91. The highest BCUT2D eigenvalue weighted by Crippen LogP contribution is 2.41. The van der Waals surface area contributed by atoms with Crippen LogP contribution in [0.3, 0.4) is 0 Å². The smallest absolute Gasteiger partial charge is 0.375 e. The SMILES string of the molecule is CCOC(c1nc(C)nc(N[C@H](C)c2cccc(C(F)(F)F)c2C)c1C1OCCO1)C(O)NC1(CF)CC1. The lowest BCUT2D eigenvalue weighted by Gasteiger charge is -2.30. The molecule has 4 rings (SSSR count). The van der Waals surface area contributed by atoms with Gasteiger partial charge in [-0.25, -0.2) is 14.4 Å². The van der Waals surface area contributed by atoms with Crippen LogP contribution in [0.2, 0.25) is 0 Å². The van der Waals surface area contributed by atoms with E-state index in [0.29, 0.717) is 43.0 Å². The van der Waals surface area contributed by atoms with Crippen molar-refractivity contribution < 1.29 is 36.9 Å². The van der Waals surface area contributed by atoms with E-state index in [-0.39, 0.29) is 23.7 Å². The number of aliphatic hydroxyl groups excluding tert-OH is 1. The van der Waals surface area contributed by atoms with E-state index < -0.39 is 48.6 Å². The summed E-state index contributed by atoms with van der Waals surface area (Å²) in [5.41, 5.74) is -0.301. The number of rotatable bonds is 11. The van der Waals surface area contributed by atoms with Crippen LogP contribution in [-0.2, 0) is 20.4 Å². The van der Waals surface area contributed by atoms with Crippen LogP contribution >= 0.6 is 0 Å². The van der Waals surface area contributed by atoms with Gasteiger partial charge in [-0.3, -0.25) is 5.32 Å². The van der Waals surface area contributed by atoms with E-state index in [1.54, 1.807) is 26.8 Å². The molecule has 1 aliphatic heterocycles. The first-order valence-corrected chi connectivity index (χ1v) is 12.7. The van der Waals surface area contributed by atoms with Gasteiger partial charge in [0, 0.05) is 12.1 Å². The van der Waals surface area contributed by atoms with Crippen LogP contribution in [0.5, 0.6) is 0 Å². The maximum Gasteiger partial charge on any atom is 0.416 e. The number of halogens is 4. The normalized spacial score (nSPS) is 19.8. The van der Waals surface area contributed by atoms with Gasteiger partial charge in [0.05, 0.1) is 36.1 Å². The number of hydrogen-bond donors (Lipinski definition) is 3. The molecule has 3 atom stereocenters. The Morgan fingerprint density at radius 2 is 1.87 bits per heavy atom. The molecule has 38 heavy (non-hydrogen) atoms. The predicted molar refractivity (Wildman–Crippen MR) is 131 cm³/mol. The average molecular weight is 543 g/mol. The van der Waals surface area contributed by atoms with Crippen LogP contribution in [0, 0.1) is 13.8 Å². The third kappa shape index (κ3) is 6.09. The molecular weight excluding hydrogens is 508 g/mol. The first-order chi connectivity index (χ1) is 18.0. The number of hydrogen-bond acceptors (Lipinski definition) is 8. The summed E-state index contributed by atoms with van der Waals surface area (Å²) in [6.07, 6.45) is -6.51. The van der Waals surface area contributed by atoms with Crippen molar-refractivity contribution >= 4 is 5.82 Å². The van der Waals surface area contributed by atoms with Crippen LogP contribution in [0.4, 0.5) is 23.4 Å². The molecule has 0 spiro atoms. The lowest BCUT2D eigenvalue weighted by atomic mass is 9.97. The number of alkyl halides is 4. The quantitative estimate of drug-likeness (QED) is 0.275. The molecule has 3 N–H and O–H groups in total. The van der Waals surface area contributed by atoms with Crippen LogP contribution in [-0.4, -0.2) is 53.3 Å². The lowest BCUT2D eigenvalue weighted by Crippen LogP contribution is -2.46. The number of nitrogens with one attached hydrogen (secondary N) is 2. The Morgan fingerprint density at radius 3 is 2.45 bits per heavy atom. The molecular formula is C26H34F4N4O4. The first-order valence-electron chi connectivity index (χ1n) is 12.7. The molecule has 1 aromatic carbocycles. The molecule has 1 aromatic heterocycles. The Labute approximate surface area is 219 Å². The summed E-state index contributed by atoms with van der Waals surface area (Å²) in [5, 5.41) is 17.2. The van der Waals surface area contributed by atoms with E-state index in [4.69, 9.17) is 14.2 Å². The number of aryl methyl sites for hydroxylation is 1. The van der Waals surface area contributed by atoms with Crippen molar-refractivity contribution in [3.8, 4) is 0 Å². The van der Waals surface area contributed by atoms with E-state index in [1.165, 1.54) is 13.0 Å². The number of aromatic nitrogens is 2. The summed E-state index contributed by atoms with van der Waals surface area (Å²) in [4.78, 5) is 9.09. The highest BCUT2D eigenvalue weighted by atomic mass is 19.4. The monoisotopic (exact) mass is 542 g/mol. The second-order valence-corrected chi connectivity index (χ2v) is 9.75. The second kappa shape index (κ2) is 11.4. The fourth-order valence-corrected chi connectivity index (χ4v) is 4.76. The number of nitrogens with zero attached hydrogens (tertiary/aromatic N) is 2. The minimum Gasteiger partial charge on any atom is -0.375 e. The summed E-state index contributed by atoms with van der Waals surface area (Å²) >= 11 is 0. The van der Waals surface area contributed by atoms with E-state index in [1.807, 2.05) is 0 Å². The van der Waals surface area contributed by atoms with Crippen LogP contribution < -0.4 is 10.6 Å². The third-order valence-electron chi connectivity index (χ3n) is 6.91. The van der Waals surface area contributed by atoms with Crippen molar-refractivity contribution in [2.75, 3.05) is 31.8 Å². The Kier molecular flexibility index (Phi) is 8.58. The Balaban J connectivity index is 1.74. The average Bonchev–Trinajstić information content (AvgIpc) is 3.41. The zero-order chi connectivity index (χ0) is 27.7. The van der Waals surface area contributed by atoms with Crippen LogP contribution in [0.1, 0.15) is 78.9 Å². The Morgan fingerprint density at radius 1 is 1.18 bits per heavy atom.